The van der Waals surface area contributed by atoms with Crippen LogP contribution in [0.4, 0.5) is 10.5 Å². The lowest BCUT2D eigenvalue weighted by atomic mass is 10.0. The minimum atomic E-state index is -0.275. The number of hydrogen-bond donors (Lipinski definition) is 2. The van der Waals surface area contributed by atoms with E-state index in [1.165, 1.54) is 5.56 Å². The van der Waals surface area contributed by atoms with E-state index in [9.17, 15) is 4.79 Å². The van der Waals surface area contributed by atoms with Gasteiger partial charge in [-0.15, -0.1) is 0 Å². The Bertz CT molecular complexity index is 646. The van der Waals surface area contributed by atoms with Gasteiger partial charge in [-0.2, -0.15) is 0 Å². The highest BCUT2D eigenvalue weighted by atomic mass is 35.5. The first-order valence-electron chi connectivity index (χ1n) is 7.14. The molecule has 4 heteroatoms. The Kier molecular flexibility index (Phi) is 5.61. The maximum Gasteiger partial charge on any atom is 0.323 e. The number of halogens is 1. The lowest BCUT2D eigenvalue weighted by molar-refractivity contribution is 0.255. The monoisotopic (exact) mass is 314 g/mol. The van der Waals surface area contributed by atoms with Crippen LogP contribution in [0.2, 0.25) is 5.02 Å². The van der Waals surface area contributed by atoms with Crippen molar-refractivity contribution in [2.45, 2.75) is 19.8 Å². The van der Waals surface area contributed by atoms with Crippen molar-refractivity contribution in [3.8, 4) is 0 Å². The molecule has 2 aromatic rings. The fourth-order valence-corrected chi connectivity index (χ4v) is 2.03. The minimum absolute atomic E-state index is 0.275. The Morgan fingerprint density at radius 1 is 1.05 bits per heavy atom. The molecular weight excluding hydrogens is 296 g/mol. The molecule has 0 saturated carbocycles. The summed E-state index contributed by atoms with van der Waals surface area (Å²) in [5.74, 6) is 0.477. The van der Waals surface area contributed by atoms with Crippen LogP contribution in [0.3, 0.4) is 0 Å². The topological polar surface area (TPSA) is 41.1 Å². The first kappa shape index (κ1) is 16.1. The Morgan fingerprint density at radius 2 is 1.68 bits per heavy atom. The molecule has 0 saturated heterocycles. The van der Waals surface area contributed by atoms with Crippen molar-refractivity contribution in [3.63, 3.8) is 0 Å². The van der Waals surface area contributed by atoms with Gasteiger partial charge in [-0.05, 0) is 47.4 Å². The van der Waals surface area contributed by atoms with Crippen molar-refractivity contribution in [2.24, 2.45) is 0 Å². The standard InChI is InChI=1S/C18H19ClN2O/c1-13(2)15-5-9-17(10-6-15)21-18(22)20-12-11-14-3-7-16(19)8-4-14/h3-13H,1-2H3,(H2,20,21,22)/b12-11+. The van der Waals surface area contributed by atoms with E-state index in [0.717, 1.165) is 11.3 Å². The number of urea groups is 1. The number of amides is 2. The van der Waals surface area contributed by atoms with Crippen LogP contribution < -0.4 is 10.6 Å². The number of benzene rings is 2. The van der Waals surface area contributed by atoms with Gasteiger partial charge >= 0.3 is 6.03 Å². The van der Waals surface area contributed by atoms with E-state index >= 15 is 0 Å². The molecule has 2 rings (SSSR count). The zero-order valence-corrected chi connectivity index (χ0v) is 13.4. The van der Waals surface area contributed by atoms with Gasteiger partial charge in [0.2, 0.25) is 0 Å². The van der Waals surface area contributed by atoms with Crippen LogP contribution >= 0.6 is 11.6 Å². The fraction of sp³-hybridized carbons (Fsp3) is 0.167. The SMILES string of the molecule is CC(C)c1ccc(NC(=O)N/C=C/c2ccc(Cl)cc2)cc1. The summed E-state index contributed by atoms with van der Waals surface area (Å²) in [5, 5.41) is 6.14. The summed E-state index contributed by atoms with van der Waals surface area (Å²) in [6.45, 7) is 4.27. The van der Waals surface area contributed by atoms with Crippen LogP contribution in [-0.4, -0.2) is 6.03 Å². The van der Waals surface area contributed by atoms with Gasteiger partial charge in [0.15, 0.2) is 0 Å². The van der Waals surface area contributed by atoms with E-state index in [1.807, 2.05) is 36.4 Å². The molecule has 0 aliphatic rings. The molecule has 0 spiro atoms. The molecule has 0 radical (unpaired) electrons. The first-order chi connectivity index (χ1) is 10.5. The predicted molar refractivity (Wildman–Crippen MR) is 93.2 cm³/mol. The number of anilines is 1. The third kappa shape index (κ3) is 4.93. The number of carbonyl (C=O) groups is 1. The average molecular weight is 315 g/mol. The lowest BCUT2D eigenvalue weighted by Crippen LogP contribution is -2.23. The molecule has 22 heavy (non-hydrogen) atoms. The Labute approximate surface area is 136 Å². The minimum Gasteiger partial charge on any atom is -0.314 e. The van der Waals surface area contributed by atoms with Gasteiger partial charge in [0.1, 0.15) is 0 Å². The molecule has 2 amide bonds. The first-order valence-corrected chi connectivity index (χ1v) is 7.52. The largest absolute Gasteiger partial charge is 0.323 e. The Hall–Kier alpha value is -2.26. The summed E-state index contributed by atoms with van der Waals surface area (Å²) in [6.07, 6.45) is 3.40. The van der Waals surface area contributed by atoms with E-state index < -0.39 is 0 Å². The van der Waals surface area contributed by atoms with Crippen molar-refractivity contribution in [2.75, 3.05) is 5.32 Å². The fourth-order valence-electron chi connectivity index (χ4n) is 1.91. The van der Waals surface area contributed by atoms with Gasteiger partial charge in [-0.25, -0.2) is 4.79 Å². The summed E-state index contributed by atoms with van der Waals surface area (Å²) >= 11 is 5.81. The van der Waals surface area contributed by atoms with Gasteiger partial charge in [-0.3, -0.25) is 0 Å². The highest BCUT2D eigenvalue weighted by Crippen LogP contribution is 2.17. The Balaban J connectivity index is 1.86. The third-order valence-electron chi connectivity index (χ3n) is 3.20. The average Bonchev–Trinajstić information content (AvgIpc) is 2.50. The summed E-state index contributed by atoms with van der Waals surface area (Å²) in [6, 6.07) is 14.9. The summed E-state index contributed by atoms with van der Waals surface area (Å²) in [5.41, 5.74) is 2.97. The molecule has 2 N–H and O–H groups in total. The van der Waals surface area contributed by atoms with Crippen molar-refractivity contribution in [1.29, 1.82) is 0 Å². The quantitative estimate of drug-likeness (QED) is 0.794. The van der Waals surface area contributed by atoms with Crippen LogP contribution in [0.1, 0.15) is 30.9 Å². The molecule has 0 aliphatic heterocycles. The van der Waals surface area contributed by atoms with E-state index in [0.29, 0.717) is 10.9 Å². The van der Waals surface area contributed by atoms with Crippen molar-refractivity contribution >= 4 is 29.4 Å². The molecule has 0 aliphatic carbocycles. The van der Waals surface area contributed by atoms with Gasteiger partial charge in [0.05, 0.1) is 0 Å². The number of carbonyl (C=O) groups excluding carboxylic acids is 1. The zero-order chi connectivity index (χ0) is 15.9. The van der Waals surface area contributed by atoms with Crippen LogP contribution in [0.25, 0.3) is 6.08 Å². The van der Waals surface area contributed by atoms with Crippen molar-refractivity contribution in [3.05, 3.63) is 70.9 Å². The maximum absolute atomic E-state index is 11.8. The van der Waals surface area contributed by atoms with E-state index in [1.54, 1.807) is 24.4 Å². The molecule has 0 unspecified atom stereocenters. The van der Waals surface area contributed by atoms with Crippen LogP contribution in [0.5, 0.6) is 0 Å². The van der Waals surface area contributed by atoms with Gasteiger partial charge < -0.3 is 10.6 Å². The van der Waals surface area contributed by atoms with Crippen LogP contribution in [0.15, 0.2) is 54.7 Å². The Morgan fingerprint density at radius 3 is 2.27 bits per heavy atom. The molecule has 0 aromatic heterocycles. The lowest BCUT2D eigenvalue weighted by Gasteiger charge is -2.08. The number of nitrogens with one attached hydrogen (secondary N) is 2. The van der Waals surface area contributed by atoms with Crippen LogP contribution in [0, 0.1) is 0 Å². The van der Waals surface area contributed by atoms with Crippen molar-refractivity contribution in [1.82, 2.24) is 5.32 Å². The third-order valence-corrected chi connectivity index (χ3v) is 3.45. The van der Waals surface area contributed by atoms with E-state index in [2.05, 4.69) is 24.5 Å². The zero-order valence-electron chi connectivity index (χ0n) is 12.6. The molecule has 114 valence electrons. The molecule has 0 atom stereocenters. The summed E-state index contributed by atoms with van der Waals surface area (Å²) in [7, 11) is 0. The molecule has 0 heterocycles. The van der Waals surface area contributed by atoms with Gasteiger partial charge in [0, 0.05) is 16.9 Å². The summed E-state index contributed by atoms with van der Waals surface area (Å²) < 4.78 is 0. The number of rotatable bonds is 4. The second-order valence-corrected chi connectivity index (χ2v) is 5.70. The predicted octanol–water partition coefficient (Wildman–Crippen LogP) is 5.26. The smallest absolute Gasteiger partial charge is 0.314 e. The van der Waals surface area contributed by atoms with Crippen LogP contribution in [-0.2, 0) is 0 Å². The highest BCUT2D eigenvalue weighted by molar-refractivity contribution is 6.30. The number of hydrogen-bond acceptors (Lipinski definition) is 1. The highest BCUT2D eigenvalue weighted by Gasteiger charge is 2.01. The second kappa shape index (κ2) is 7.66. The molecular formula is C18H19ClN2O. The normalized spacial score (nSPS) is 10.9. The maximum atomic E-state index is 11.8. The van der Waals surface area contributed by atoms with E-state index in [4.69, 9.17) is 11.6 Å². The second-order valence-electron chi connectivity index (χ2n) is 5.26. The van der Waals surface area contributed by atoms with Gasteiger partial charge in [0.25, 0.3) is 0 Å². The molecule has 0 bridgehead atoms. The molecule has 3 nitrogen and oxygen atoms in total. The van der Waals surface area contributed by atoms with E-state index in [-0.39, 0.29) is 6.03 Å². The molecule has 0 fully saturated rings. The van der Waals surface area contributed by atoms with Crippen molar-refractivity contribution < 1.29 is 4.79 Å². The molecule has 2 aromatic carbocycles. The van der Waals surface area contributed by atoms with Gasteiger partial charge in [-0.1, -0.05) is 49.7 Å². The summed E-state index contributed by atoms with van der Waals surface area (Å²) in [4.78, 5) is 11.8.